The smallest absolute Gasteiger partial charge is 0.265 e. The number of hydrogen-bond acceptors (Lipinski definition) is 3. The lowest BCUT2D eigenvalue weighted by molar-refractivity contribution is -0.122. The molecule has 1 aliphatic rings. The number of benzene rings is 1. The first-order valence-corrected chi connectivity index (χ1v) is 6.37. The van der Waals surface area contributed by atoms with E-state index in [4.69, 9.17) is 10.5 Å². The molecule has 0 saturated carbocycles. The molecule has 1 atom stereocenters. The molecule has 3 N–H and O–H groups in total. The Morgan fingerprint density at radius 3 is 2.78 bits per heavy atom. The highest BCUT2D eigenvalue weighted by atomic mass is 16.5. The molecule has 0 bridgehead atoms. The highest BCUT2D eigenvalue weighted by Gasteiger charge is 2.26. The van der Waals surface area contributed by atoms with Crippen molar-refractivity contribution in [3.05, 3.63) is 23.3 Å². The summed E-state index contributed by atoms with van der Waals surface area (Å²) in [6.45, 7) is 6.57. The van der Waals surface area contributed by atoms with Crippen molar-refractivity contribution in [2.24, 2.45) is 5.73 Å². The van der Waals surface area contributed by atoms with E-state index in [0.29, 0.717) is 12.5 Å². The number of rotatable bonds is 3. The Morgan fingerprint density at radius 1 is 1.44 bits per heavy atom. The first-order valence-electron chi connectivity index (χ1n) is 6.37. The summed E-state index contributed by atoms with van der Waals surface area (Å²) in [4.78, 5) is 11.6. The van der Waals surface area contributed by atoms with Crippen LogP contribution in [0, 0.1) is 0 Å². The zero-order valence-corrected chi connectivity index (χ0v) is 11.1. The summed E-state index contributed by atoms with van der Waals surface area (Å²) in [5, 5.41) is 2.90. The van der Waals surface area contributed by atoms with Crippen molar-refractivity contribution in [1.29, 1.82) is 0 Å². The third-order valence-electron chi connectivity index (χ3n) is 3.19. The van der Waals surface area contributed by atoms with Crippen molar-refractivity contribution in [2.75, 3.05) is 11.9 Å². The Labute approximate surface area is 108 Å². The highest BCUT2D eigenvalue weighted by molar-refractivity contribution is 5.98. The Morgan fingerprint density at radius 2 is 2.17 bits per heavy atom. The Kier molecular flexibility index (Phi) is 3.57. The Bertz CT molecular complexity index is 469. The molecule has 0 radical (unpaired) electrons. The second-order valence-electron chi connectivity index (χ2n) is 5.00. The summed E-state index contributed by atoms with van der Waals surface area (Å²) >= 11 is 0. The van der Waals surface area contributed by atoms with Crippen molar-refractivity contribution in [1.82, 2.24) is 0 Å². The molecule has 4 nitrogen and oxygen atoms in total. The molecule has 0 aliphatic carbocycles. The summed E-state index contributed by atoms with van der Waals surface area (Å²) in [7, 11) is 0. The van der Waals surface area contributed by atoms with E-state index < -0.39 is 6.10 Å². The summed E-state index contributed by atoms with van der Waals surface area (Å²) in [6.07, 6.45) is 0.310. The standard InChI is InChI=1S/C14H20N2O2/c1-8(2)11-6-10(4-5-15)13-12(7-11)16-14(17)9(3)18-13/h6-9H,4-5,15H2,1-3H3,(H,16,17). The second-order valence-corrected chi connectivity index (χ2v) is 5.00. The predicted molar refractivity (Wildman–Crippen MR) is 72.0 cm³/mol. The number of nitrogens with one attached hydrogen (secondary N) is 1. The number of hydrogen-bond donors (Lipinski definition) is 2. The fraction of sp³-hybridized carbons (Fsp3) is 0.500. The molecule has 0 spiro atoms. The number of amides is 1. The van der Waals surface area contributed by atoms with E-state index >= 15 is 0 Å². The normalized spacial score (nSPS) is 18.3. The zero-order valence-electron chi connectivity index (χ0n) is 11.1. The zero-order chi connectivity index (χ0) is 13.3. The first kappa shape index (κ1) is 12.9. The molecule has 4 heteroatoms. The van der Waals surface area contributed by atoms with Gasteiger partial charge in [0.15, 0.2) is 6.10 Å². The van der Waals surface area contributed by atoms with Crippen molar-refractivity contribution in [3.8, 4) is 5.75 Å². The minimum absolute atomic E-state index is 0.0953. The molecule has 2 rings (SSSR count). The van der Waals surface area contributed by atoms with Crippen LogP contribution in [0.3, 0.4) is 0 Å². The van der Waals surface area contributed by atoms with Crippen LogP contribution in [0.15, 0.2) is 12.1 Å². The molecule has 0 saturated heterocycles. The van der Waals surface area contributed by atoms with Gasteiger partial charge in [-0.3, -0.25) is 4.79 Å². The van der Waals surface area contributed by atoms with Crippen LogP contribution in [0.5, 0.6) is 5.75 Å². The van der Waals surface area contributed by atoms with Gasteiger partial charge in [-0.2, -0.15) is 0 Å². The van der Waals surface area contributed by atoms with Crippen LogP contribution >= 0.6 is 0 Å². The minimum atomic E-state index is -0.445. The quantitative estimate of drug-likeness (QED) is 0.860. The van der Waals surface area contributed by atoms with Crippen LogP contribution in [0.25, 0.3) is 0 Å². The van der Waals surface area contributed by atoms with Crippen molar-refractivity contribution < 1.29 is 9.53 Å². The van der Waals surface area contributed by atoms with Crippen molar-refractivity contribution in [2.45, 2.75) is 39.2 Å². The molecule has 1 aliphatic heterocycles. The molecule has 1 aromatic carbocycles. The topological polar surface area (TPSA) is 64.3 Å². The molecule has 18 heavy (non-hydrogen) atoms. The maximum absolute atomic E-state index is 11.6. The van der Waals surface area contributed by atoms with Gasteiger partial charge in [0.1, 0.15) is 5.75 Å². The fourth-order valence-electron chi connectivity index (χ4n) is 2.08. The van der Waals surface area contributed by atoms with Gasteiger partial charge in [0.05, 0.1) is 5.69 Å². The number of ether oxygens (including phenoxy) is 1. The summed E-state index contributed by atoms with van der Waals surface area (Å²) in [5.74, 6) is 1.09. The van der Waals surface area contributed by atoms with Gasteiger partial charge < -0.3 is 15.8 Å². The van der Waals surface area contributed by atoms with Gasteiger partial charge in [0.2, 0.25) is 0 Å². The SMILES string of the molecule is CC1Oc2c(CCN)cc(C(C)C)cc2NC1=O. The van der Waals surface area contributed by atoms with Crippen LogP contribution < -0.4 is 15.8 Å². The van der Waals surface area contributed by atoms with E-state index in [1.165, 1.54) is 5.56 Å². The summed E-state index contributed by atoms with van der Waals surface area (Å²) in [5.41, 5.74) is 8.67. The fourth-order valence-corrected chi connectivity index (χ4v) is 2.08. The van der Waals surface area contributed by atoms with Crippen LogP contribution in [0.1, 0.15) is 37.8 Å². The van der Waals surface area contributed by atoms with Crippen molar-refractivity contribution >= 4 is 11.6 Å². The van der Waals surface area contributed by atoms with E-state index in [2.05, 4.69) is 25.2 Å². The van der Waals surface area contributed by atoms with Gasteiger partial charge >= 0.3 is 0 Å². The molecule has 1 aromatic rings. The van der Waals surface area contributed by atoms with Crippen LogP contribution in [0.4, 0.5) is 5.69 Å². The largest absolute Gasteiger partial charge is 0.478 e. The monoisotopic (exact) mass is 248 g/mol. The molecular formula is C14H20N2O2. The summed E-state index contributed by atoms with van der Waals surface area (Å²) < 4.78 is 5.69. The van der Waals surface area contributed by atoms with Crippen LogP contribution in [-0.4, -0.2) is 18.6 Å². The molecule has 1 heterocycles. The third kappa shape index (κ3) is 2.34. The van der Waals surface area contributed by atoms with Crippen LogP contribution in [0.2, 0.25) is 0 Å². The van der Waals surface area contributed by atoms with Gasteiger partial charge in [-0.15, -0.1) is 0 Å². The molecule has 0 aromatic heterocycles. The molecule has 1 unspecified atom stereocenters. The van der Waals surface area contributed by atoms with Gasteiger partial charge in [-0.1, -0.05) is 19.9 Å². The van der Waals surface area contributed by atoms with Crippen molar-refractivity contribution in [3.63, 3.8) is 0 Å². The average Bonchev–Trinajstić information content (AvgIpc) is 2.31. The third-order valence-corrected chi connectivity index (χ3v) is 3.19. The van der Waals surface area contributed by atoms with E-state index in [1.807, 2.05) is 6.07 Å². The minimum Gasteiger partial charge on any atom is -0.478 e. The van der Waals surface area contributed by atoms with E-state index in [-0.39, 0.29) is 5.91 Å². The Hall–Kier alpha value is -1.55. The second kappa shape index (κ2) is 4.98. The molecule has 98 valence electrons. The Balaban J connectivity index is 2.48. The number of carbonyl (C=O) groups excluding carboxylic acids is 1. The first-order chi connectivity index (χ1) is 8.52. The highest BCUT2D eigenvalue weighted by Crippen LogP contribution is 2.36. The van der Waals surface area contributed by atoms with Gasteiger partial charge in [-0.25, -0.2) is 0 Å². The maximum atomic E-state index is 11.6. The van der Waals surface area contributed by atoms with Crippen LogP contribution in [-0.2, 0) is 11.2 Å². The lowest BCUT2D eigenvalue weighted by Gasteiger charge is -2.26. The molecule has 0 fully saturated rings. The van der Waals surface area contributed by atoms with Gasteiger partial charge in [-0.05, 0) is 43.0 Å². The van der Waals surface area contributed by atoms with E-state index in [0.717, 1.165) is 23.4 Å². The number of nitrogens with two attached hydrogens (primary N) is 1. The van der Waals surface area contributed by atoms with E-state index in [1.54, 1.807) is 6.92 Å². The number of fused-ring (bicyclic) bond motifs is 1. The number of anilines is 1. The summed E-state index contributed by atoms with van der Waals surface area (Å²) in [6, 6.07) is 4.12. The van der Waals surface area contributed by atoms with Gasteiger partial charge in [0, 0.05) is 0 Å². The molecular weight excluding hydrogens is 228 g/mol. The lowest BCUT2D eigenvalue weighted by Crippen LogP contribution is -2.35. The van der Waals surface area contributed by atoms with Gasteiger partial charge in [0.25, 0.3) is 5.91 Å². The number of carbonyl (C=O) groups is 1. The predicted octanol–water partition coefficient (Wildman–Crippen LogP) is 2.03. The van der Waals surface area contributed by atoms with E-state index in [9.17, 15) is 4.79 Å². The molecule has 1 amide bonds. The maximum Gasteiger partial charge on any atom is 0.265 e. The lowest BCUT2D eigenvalue weighted by atomic mass is 9.97. The average molecular weight is 248 g/mol.